The Kier molecular flexibility index (Phi) is 5.55. The molecule has 0 spiro atoms. The number of hydrogen-bond donors (Lipinski definition) is 1. The van der Waals surface area contributed by atoms with E-state index in [-0.39, 0.29) is 23.6 Å². The topological polar surface area (TPSA) is 55.4 Å². The Bertz CT molecular complexity index is 599. The average Bonchev–Trinajstić information content (AvgIpc) is 3.31. The van der Waals surface area contributed by atoms with Gasteiger partial charge in [0.25, 0.3) is 5.91 Å². The molecule has 1 aromatic rings. The monoisotopic (exact) mass is 325 g/mol. The van der Waals surface area contributed by atoms with Crippen LogP contribution in [0.3, 0.4) is 0 Å². The molecule has 1 atom stereocenters. The fourth-order valence-electron chi connectivity index (χ4n) is 1.97. The minimum absolute atomic E-state index is 0.0241. The number of carbonyl (C=O) groups excluding carboxylic acids is 2. The van der Waals surface area contributed by atoms with Gasteiger partial charge in [0.05, 0.1) is 5.02 Å². The van der Waals surface area contributed by atoms with Gasteiger partial charge in [0.15, 0.2) is 6.61 Å². The first-order valence-electron chi connectivity index (χ1n) is 7.05. The Morgan fingerprint density at radius 2 is 2.23 bits per heavy atom. The van der Waals surface area contributed by atoms with Gasteiger partial charge in [-0.05, 0) is 49.5 Å². The number of amides is 1. The highest BCUT2D eigenvalue weighted by molar-refractivity contribution is 6.30. The third kappa shape index (κ3) is 5.15. The van der Waals surface area contributed by atoms with Gasteiger partial charge in [0, 0.05) is 12.1 Å². The van der Waals surface area contributed by atoms with Crippen LogP contribution in [-0.4, -0.2) is 24.5 Å². The second kappa shape index (κ2) is 7.40. The summed E-state index contributed by atoms with van der Waals surface area (Å²) in [5, 5.41) is 2.76. The van der Waals surface area contributed by atoms with Crippen LogP contribution >= 0.6 is 11.6 Å². The van der Waals surface area contributed by atoms with E-state index in [1.165, 1.54) is 30.4 Å². The van der Waals surface area contributed by atoms with E-state index in [0.717, 1.165) is 12.8 Å². The normalized spacial score (nSPS) is 15.6. The lowest BCUT2D eigenvalue weighted by atomic mass is 10.2. The molecule has 1 aliphatic carbocycles. The van der Waals surface area contributed by atoms with E-state index in [9.17, 15) is 14.0 Å². The molecule has 2 rings (SSSR count). The SMILES string of the molecule is C[C@@H](NC(=O)COC(=O)/C=C/c1ccc(F)c(Cl)c1)C1CC1. The highest BCUT2D eigenvalue weighted by Crippen LogP contribution is 2.32. The first kappa shape index (κ1) is 16.5. The van der Waals surface area contributed by atoms with Crippen molar-refractivity contribution in [2.75, 3.05) is 6.61 Å². The number of ether oxygens (including phenoxy) is 1. The van der Waals surface area contributed by atoms with E-state index < -0.39 is 11.8 Å². The number of rotatable bonds is 6. The summed E-state index contributed by atoms with van der Waals surface area (Å²) >= 11 is 5.63. The number of esters is 1. The Balaban J connectivity index is 1.75. The highest BCUT2D eigenvalue weighted by atomic mass is 35.5. The van der Waals surface area contributed by atoms with Crippen LogP contribution in [0.15, 0.2) is 24.3 Å². The summed E-state index contributed by atoms with van der Waals surface area (Å²) in [5.41, 5.74) is 0.565. The first-order valence-corrected chi connectivity index (χ1v) is 7.43. The Hall–Kier alpha value is -1.88. The van der Waals surface area contributed by atoms with E-state index in [0.29, 0.717) is 11.5 Å². The molecular formula is C16H17ClFNO3. The molecule has 0 radical (unpaired) electrons. The van der Waals surface area contributed by atoms with Crippen LogP contribution in [0.4, 0.5) is 4.39 Å². The molecule has 1 saturated carbocycles. The number of nitrogens with one attached hydrogen (secondary N) is 1. The summed E-state index contributed by atoms with van der Waals surface area (Å²) in [4.78, 5) is 23.1. The summed E-state index contributed by atoms with van der Waals surface area (Å²) < 4.78 is 17.8. The van der Waals surface area contributed by atoms with E-state index in [2.05, 4.69) is 5.32 Å². The molecule has 22 heavy (non-hydrogen) atoms. The first-order chi connectivity index (χ1) is 10.5. The smallest absolute Gasteiger partial charge is 0.331 e. The fraction of sp³-hybridized carbons (Fsp3) is 0.375. The van der Waals surface area contributed by atoms with Gasteiger partial charge in [0.2, 0.25) is 0 Å². The van der Waals surface area contributed by atoms with Crippen molar-refractivity contribution in [1.82, 2.24) is 5.32 Å². The van der Waals surface area contributed by atoms with Crippen molar-refractivity contribution in [2.45, 2.75) is 25.8 Å². The van der Waals surface area contributed by atoms with Crippen LogP contribution in [0, 0.1) is 11.7 Å². The molecule has 1 aliphatic rings. The lowest BCUT2D eigenvalue weighted by Crippen LogP contribution is -2.36. The van der Waals surface area contributed by atoms with E-state index in [1.807, 2.05) is 6.92 Å². The van der Waals surface area contributed by atoms with Crippen molar-refractivity contribution in [1.29, 1.82) is 0 Å². The average molecular weight is 326 g/mol. The van der Waals surface area contributed by atoms with Crippen LogP contribution < -0.4 is 5.32 Å². The second-order valence-electron chi connectivity index (χ2n) is 5.31. The standard InChI is InChI=1S/C16H17ClFNO3/c1-10(12-4-5-12)19-15(20)9-22-16(21)7-3-11-2-6-14(18)13(17)8-11/h2-3,6-8,10,12H,4-5,9H2,1H3,(H,19,20)/b7-3+/t10-/m1/s1. The quantitative estimate of drug-likeness (QED) is 0.646. The van der Waals surface area contributed by atoms with Crippen molar-refractivity contribution in [3.05, 3.63) is 40.7 Å². The highest BCUT2D eigenvalue weighted by Gasteiger charge is 2.28. The molecule has 6 heteroatoms. The predicted molar refractivity (Wildman–Crippen MR) is 81.7 cm³/mol. The number of benzene rings is 1. The van der Waals surface area contributed by atoms with Crippen LogP contribution in [0.1, 0.15) is 25.3 Å². The maximum Gasteiger partial charge on any atom is 0.331 e. The fourth-order valence-corrected chi connectivity index (χ4v) is 2.16. The summed E-state index contributed by atoms with van der Waals surface area (Å²) in [6, 6.07) is 4.20. The van der Waals surface area contributed by atoms with Gasteiger partial charge in [-0.25, -0.2) is 9.18 Å². The zero-order valence-corrected chi connectivity index (χ0v) is 12.9. The van der Waals surface area contributed by atoms with Crippen molar-refractivity contribution in [3.8, 4) is 0 Å². The number of hydrogen-bond acceptors (Lipinski definition) is 3. The van der Waals surface area contributed by atoms with Gasteiger partial charge in [-0.3, -0.25) is 4.79 Å². The maximum absolute atomic E-state index is 13.0. The number of carbonyl (C=O) groups is 2. The van der Waals surface area contributed by atoms with E-state index in [1.54, 1.807) is 0 Å². The van der Waals surface area contributed by atoms with Crippen molar-refractivity contribution < 1.29 is 18.7 Å². The predicted octanol–water partition coefficient (Wildman–Crippen LogP) is 2.95. The molecule has 118 valence electrons. The molecule has 0 aliphatic heterocycles. The molecule has 0 heterocycles. The minimum atomic E-state index is -0.644. The lowest BCUT2D eigenvalue weighted by Gasteiger charge is -2.12. The van der Waals surface area contributed by atoms with Gasteiger partial charge in [-0.1, -0.05) is 17.7 Å². The van der Waals surface area contributed by atoms with E-state index >= 15 is 0 Å². The molecule has 1 N–H and O–H groups in total. The van der Waals surface area contributed by atoms with Gasteiger partial charge >= 0.3 is 5.97 Å². The zero-order chi connectivity index (χ0) is 16.1. The molecule has 4 nitrogen and oxygen atoms in total. The third-order valence-electron chi connectivity index (χ3n) is 3.42. The molecule has 0 saturated heterocycles. The molecule has 1 amide bonds. The zero-order valence-electron chi connectivity index (χ0n) is 12.1. The summed E-state index contributed by atoms with van der Waals surface area (Å²) in [5.74, 6) is -0.939. The molecular weight excluding hydrogens is 309 g/mol. The Morgan fingerprint density at radius 1 is 1.50 bits per heavy atom. The molecule has 0 bridgehead atoms. The Labute approximate surface area is 133 Å². The van der Waals surface area contributed by atoms with E-state index in [4.69, 9.17) is 16.3 Å². The largest absolute Gasteiger partial charge is 0.452 e. The van der Waals surface area contributed by atoms with Crippen LogP contribution in [0.5, 0.6) is 0 Å². The van der Waals surface area contributed by atoms with Crippen molar-refractivity contribution >= 4 is 29.6 Å². The number of halogens is 2. The minimum Gasteiger partial charge on any atom is -0.452 e. The summed E-state index contributed by atoms with van der Waals surface area (Å²) in [6.45, 7) is 1.62. The lowest BCUT2D eigenvalue weighted by molar-refractivity contribution is -0.144. The van der Waals surface area contributed by atoms with Gasteiger partial charge in [-0.2, -0.15) is 0 Å². The third-order valence-corrected chi connectivity index (χ3v) is 3.71. The van der Waals surface area contributed by atoms with Crippen molar-refractivity contribution in [2.24, 2.45) is 5.92 Å². The van der Waals surface area contributed by atoms with Gasteiger partial charge < -0.3 is 10.1 Å². The maximum atomic E-state index is 13.0. The van der Waals surface area contributed by atoms with Crippen molar-refractivity contribution in [3.63, 3.8) is 0 Å². The summed E-state index contributed by atoms with van der Waals surface area (Å²) in [6.07, 6.45) is 4.87. The molecule has 1 aromatic carbocycles. The Morgan fingerprint density at radius 3 is 2.86 bits per heavy atom. The molecule has 1 fully saturated rings. The molecule has 0 aromatic heterocycles. The molecule has 0 unspecified atom stereocenters. The van der Waals surface area contributed by atoms with Crippen LogP contribution in [-0.2, 0) is 14.3 Å². The van der Waals surface area contributed by atoms with Gasteiger partial charge in [-0.15, -0.1) is 0 Å². The van der Waals surface area contributed by atoms with Crippen LogP contribution in [0.2, 0.25) is 5.02 Å². The summed E-state index contributed by atoms with van der Waals surface area (Å²) in [7, 11) is 0. The second-order valence-corrected chi connectivity index (χ2v) is 5.72. The van der Waals surface area contributed by atoms with Gasteiger partial charge in [0.1, 0.15) is 5.82 Å². The van der Waals surface area contributed by atoms with Crippen LogP contribution in [0.25, 0.3) is 6.08 Å².